The van der Waals surface area contributed by atoms with Gasteiger partial charge in [-0.1, -0.05) is 25.7 Å². The molecule has 0 saturated heterocycles. The van der Waals surface area contributed by atoms with Gasteiger partial charge in [0.1, 0.15) is 6.61 Å². The van der Waals surface area contributed by atoms with Crippen LogP contribution in [0.25, 0.3) is 0 Å². The Kier molecular flexibility index (Phi) is 9.72. The van der Waals surface area contributed by atoms with Crippen LogP contribution in [0.5, 0.6) is 0 Å². The lowest BCUT2D eigenvalue weighted by Gasteiger charge is -2.07. The third-order valence-corrected chi connectivity index (χ3v) is 2.11. The molecule has 0 amide bonds. The maximum absolute atomic E-state index is 10.7. The minimum absolute atomic E-state index is 0.301. The highest BCUT2D eigenvalue weighted by atomic mass is 16.6. The topological polar surface area (TPSA) is 35.5 Å². The lowest BCUT2D eigenvalue weighted by atomic mass is 10.1. The van der Waals surface area contributed by atoms with Crippen molar-refractivity contribution in [3.63, 3.8) is 0 Å². The van der Waals surface area contributed by atoms with Crippen LogP contribution in [0, 0.1) is 5.92 Å². The van der Waals surface area contributed by atoms with Crippen molar-refractivity contribution in [2.24, 2.45) is 5.92 Å². The monoisotopic (exact) mass is 226 g/mol. The van der Waals surface area contributed by atoms with E-state index in [-0.39, 0.29) is 0 Å². The lowest BCUT2D eigenvalue weighted by molar-refractivity contribution is -0.139. The van der Waals surface area contributed by atoms with Crippen molar-refractivity contribution in [3.8, 4) is 0 Å². The van der Waals surface area contributed by atoms with Gasteiger partial charge in [0.25, 0.3) is 0 Å². The van der Waals surface area contributed by atoms with Crippen molar-refractivity contribution in [2.45, 2.75) is 26.7 Å². The number of carbonyl (C=O) groups is 1. The summed E-state index contributed by atoms with van der Waals surface area (Å²) in [5.41, 5.74) is 0. The van der Waals surface area contributed by atoms with E-state index in [1.54, 1.807) is 0 Å². The van der Waals surface area contributed by atoms with Crippen molar-refractivity contribution in [3.05, 3.63) is 24.8 Å². The second-order valence-electron chi connectivity index (χ2n) is 3.63. The first kappa shape index (κ1) is 14.9. The molecule has 0 aromatic rings. The van der Waals surface area contributed by atoms with Crippen LogP contribution in [0.3, 0.4) is 0 Å². The Balaban J connectivity index is 3.21. The van der Waals surface area contributed by atoms with Gasteiger partial charge in [-0.05, 0) is 25.7 Å². The molecule has 0 aliphatic rings. The lowest BCUT2D eigenvalue weighted by Crippen LogP contribution is -2.09. The van der Waals surface area contributed by atoms with E-state index in [9.17, 15) is 4.79 Å². The van der Waals surface area contributed by atoms with E-state index in [2.05, 4.69) is 25.7 Å². The smallest absolute Gasteiger partial charge is 0.330 e. The number of carbonyl (C=O) groups excluding carboxylic acids is 1. The summed E-state index contributed by atoms with van der Waals surface area (Å²) in [6, 6.07) is 0. The molecule has 3 heteroatoms. The van der Waals surface area contributed by atoms with Gasteiger partial charge in [0, 0.05) is 12.7 Å². The number of hydrogen-bond donors (Lipinski definition) is 0. The van der Waals surface area contributed by atoms with Crippen molar-refractivity contribution in [1.82, 2.24) is 0 Å². The largest absolute Gasteiger partial charge is 0.460 e. The van der Waals surface area contributed by atoms with Gasteiger partial charge in [0.15, 0.2) is 0 Å². The molecule has 92 valence electrons. The van der Waals surface area contributed by atoms with Crippen LogP contribution in [-0.4, -0.2) is 25.8 Å². The summed E-state index contributed by atoms with van der Waals surface area (Å²) in [7, 11) is 0. The van der Waals surface area contributed by atoms with Crippen molar-refractivity contribution < 1.29 is 14.3 Å². The molecule has 1 unspecified atom stereocenters. The van der Waals surface area contributed by atoms with Crippen molar-refractivity contribution in [2.75, 3.05) is 19.8 Å². The average Bonchev–Trinajstić information content (AvgIpc) is 2.27. The third-order valence-electron chi connectivity index (χ3n) is 2.11. The molecule has 0 fully saturated rings. The quantitative estimate of drug-likeness (QED) is 0.262. The molecule has 0 N–H and O–H groups in total. The molecule has 0 aromatic carbocycles. The van der Waals surface area contributed by atoms with Gasteiger partial charge in [-0.15, -0.1) is 0 Å². The number of hydrogen-bond acceptors (Lipinski definition) is 3. The Morgan fingerprint density at radius 1 is 1.38 bits per heavy atom. The van der Waals surface area contributed by atoms with E-state index in [0.717, 1.165) is 18.9 Å². The minimum Gasteiger partial charge on any atom is -0.460 e. The molecular weight excluding hydrogens is 204 g/mol. The van der Waals surface area contributed by atoms with Gasteiger partial charge in [-0.3, -0.25) is 0 Å². The zero-order valence-corrected chi connectivity index (χ0v) is 10.3. The zero-order valence-electron chi connectivity index (χ0n) is 10.3. The Labute approximate surface area is 98.1 Å². The summed E-state index contributed by atoms with van der Waals surface area (Å²) in [6.07, 6.45) is 7.56. The maximum Gasteiger partial charge on any atom is 0.330 e. The molecule has 0 aliphatic carbocycles. The van der Waals surface area contributed by atoms with E-state index in [1.165, 1.54) is 0 Å². The molecule has 0 radical (unpaired) electrons. The van der Waals surface area contributed by atoms with Gasteiger partial charge < -0.3 is 9.47 Å². The van der Waals surface area contributed by atoms with Crippen LogP contribution in [0.1, 0.15) is 26.7 Å². The maximum atomic E-state index is 10.7. The molecule has 0 spiro atoms. The molecule has 0 aromatic heterocycles. The summed E-state index contributed by atoms with van der Waals surface area (Å²) >= 11 is 0. The summed E-state index contributed by atoms with van der Waals surface area (Å²) in [4.78, 5) is 10.7. The number of esters is 1. The van der Waals surface area contributed by atoms with E-state index in [4.69, 9.17) is 9.47 Å². The highest BCUT2D eigenvalue weighted by molar-refractivity contribution is 5.81. The van der Waals surface area contributed by atoms with Crippen LogP contribution in [0.4, 0.5) is 0 Å². The normalized spacial score (nSPS) is 12.6. The fourth-order valence-electron chi connectivity index (χ4n) is 1.29. The summed E-state index contributed by atoms with van der Waals surface area (Å²) in [5.74, 6) is 0.206. The molecule has 0 bridgehead atoms. The van der Waals surface area contributed by atoms with E-state index in [0.29, 0.717) is 25.7 Å². The number of rotatable bonds is 9. The van der Waals surface area contributed by atoms with E-state index in [1.807, 2.05) is 6.92 Å². The molecule has 0 aliphatic heterocycles. The van der Waals surface area contributed by atoms with Crippen molar-refractivity contribution >= 4 is 5.97 Å². The first-order valence-electron chi connectivity index (χ1n) is 5.70. The zero-order chi connectivity index (χ0) is 12.2. The standard InChI is InChI=1S/C13H22O3/c1-4-7-12(3)8-6-9-15-10-11-16-13(14)5-2/h4-5,7,12H,2,6,8-11H2,1,3H3. The van der Waals surface area contributed by atoms with Crippen LogP contribution in [0.15, 0.2) is 24.8 Å². The number of allylic oxidation sites excluding steroid dienone is 2. The van der Waals surface area contributed by atoms with Crippen LogP contribution >= 0.6 is 0 Å². The van der Waals surface area contributed by atoms with Gasteiger partial charge in [-0.2, -0.15) is 0 Å². The summed E-state index contributed by atoms with van der Waals surface area (Å²) in [5, 5.41) is 0. The van der Waals surface area contributed by atoms with Crippen LogP contribution < -0.4 is 0 Å². The van der Waals surface area contributed by atoms with Gasteiger partial charge in [0.05, 0.1) is 6.61 Å². The molecule has 3 nitrogen and oxygen atoms in total. The molecule has 16 heavy (non-hydrogen) atoms. The molecular formula is C13H22O3. The van der Waals surface area contributed by atoms with Gasteiger partial charge in [-0.25, -0.2) is 4.79 Å². The molecule has 0 saturated carbocycles. The number of ether oxygens (including phenoxy) is 2. The van der Waals surface area contributed by atoms with E-state index < -0.39 is 5.97 Å². The fourth-order valence-corrected chi connectivity index (χ4v) is 1.29. The molecule has 0 rings (SSSR count). The Morgan fingerprint density at radius 3 is 2.75 bits per heavy atom. The highest BCUT2D eigenvalue weighted by Gasteiger charge is 1.97. The van der Waals surface area contributed by atoms with Crippen LogP contribution in [-0.2, 0) is 14.3 Å². The van der Waals surface area contributed by atoms with Gasteiger partial charge >= 0.3 is 5.97 Å². The first-order valence-corrected chi connectivity index (χ1v) is 5.70. The molecule has 1 atom stereocenters. The highest BCUT2D eigenvalue weighted by Crippen LogP contribution is 2.06. The SMILES string of the molecule is C=CC(=O)OCCOCCCC(C)C=CC. The Bertz CT molecular complexity index is 221. The average molecular weight is 226 g/mol. The second kappa shape index (κ2) is 10.4. The molecule has 0 heterocycles. The summed E-state index contributed by atoms with van der Waals surface area (Å²) in [6.45, 7) is 8.99. The predicted molar refractivity (Wildman–Crippen MR) is 65.2 cm³/mol. The first-order chi connectivity index (χ1) is 7.70. The summed E-state index contributed by atoms with van der Waals surface area (Å²) < 4.78 is 10.1. The fraction of sp³-hybridized carbons (Fsp3) is 0.615. The minimum atomic E-state index is -0.398. The third kappa shape index (κ3) is 9.46. The second-order valence-corrected chi connectivity index (χ2v) is 3.63. The Morgan fingerprint density at radius 2 is 2.12 bits per heavy atom. The predicted octanol–water partition coefficient (Wildman–Crippen LogP) is 2.72. The van der Waals surface area contributed by atoms with Crippen LogP contribution in [0.2, 0.25) is 0 Å². The van der Waals surface area contributed by atoms with E-state index >= 15 is 0 Å². The Hall–Kier alpha value is -1.09. The van der Waals surface area contributed by atoms with Crippen molar-refractivity contribution in [1.29, 1.82) is 0 Å². The van der Waals surface area contributed by atoms with Gasteiger partial charge in [0.2, 0.25) is 0 Å².